The van der Waals surface area contributed by atoms with E-state index < -0.39 is 0 Å². The molecule has 0 saturated heterocycles. The van der Waals surface area contributed by atoms with Gasteiger partial charge in [0.2, 0.25) is 0 Å². The number of aliphatic hydroxyl groups excluding tert-OH is 1. The molecule has 3 nitrogen and oxygen atoms in total. The van der Waals surface area contributed by atoms with Crippen molar-refractivity contribution >= 4 is 0 Å². The van der Waals surface area contributed by atoms with Crippen molar-refractivity contribution in [3.63, 3.8) is 0 Å². The smallest absolute Gasteiger partial charge is 0.119 e. The van der Waals surface area contributed by atoms with E-state index in [1.807, 2.05) is 0 Å². The summed E-state index contributed by atoms with van der Waals surface area (Å²) in [6, 6.07) is 8.45. The minimum Gasteiger partial charge on any atom is -0.494 e. The van der Waals surface area contributed by atoms with Gasteiger partial charge in [0.15, 0.2) is 0 Å². The van der Waals surface area contributed by atoms with Crippen LogP contribution in [-0.2, 0) is 5.41 Å². The topological polar surface area (TPSA) is 41.5 Å². The summed E-state index contributed by atoms with van der Waals surface area (Å²) in [7, 11) is 0. The monoisotopic (exact) mass is 293 g/mol. The molecule has 3 heteroatoms. The molecule has 0 spiro atoms. The summed E-state index contributed by atoms with van der Waals surface area (Å²) in [5, 5.41) is 11.8. The lowest BCUT2D eigenvalue weighted by Gasteiger charge is -2.19. The molecule has 1 aromatic carbocycles. The zero-order chi connectivity index (χ0) is 15.6. The van der Waals surface area contributed by atoms with Crippen LogP contribution in [0.25, 0.3) is 0 Å². The fraction of sp³-hybridized carbons (Fsp3) is 0.667. The Labute approximate surface area is 129 Å². The van der Waals surface area contributed by atoms with E-state index in [-0.39, 0.29) is 12.0 Å². The Bertz CT molecular complexity index is 368. The molecule has 0 fully saturated rings. The lowest BCUT2D eigenvalue weighted by Crippen LogP contribution is -2.19. The number of hydrogen-bond acceptors (Lipinski definition) is 3. The van der Waals surface area contributed by atoms with E-state index in [9.17, 15) is 0 Å². The predicted molar refractivity (Wildman–Crippen MR) is 89.1 cm³/mol. The summed E-state index contributed by atoms with van der Waals surface area (Å²) in [5.74, 6) is 0.965. The zero-order valence-corrected chi connectivity index (χ0v) is 13.8. The van der Waals surface area contributed by atoms with Crippen molar-refractivity contribution in [1.82, 2.24) is 5.32 Å². The van der Waals surface area contributed by atoms with Crippen LogP contribution in [0.15, 0.2) is 24.3 Å². The minimum absolute atomic E-state index is 0.197. The molecule has 2 N–H and O–H groups in total. The number of unbranched alkanes of at least 4 members (excludes halogenated alkanes) is 3. The second-order valence-electron chi connectivity index (χ2n) is 6.51. The van der Waals surface area contributed by atoms with Crippen LogP contribution in [0.3, 0.4) is 0 Å². The molecule has 0 aliphatic carbocycles. The third-order valence-electron chi connectivity index (χ3n) is 3.53. The van der Waals surface area contributed by atoms with E-state index in [1.165, 1.54) is 24.8 Å². The summed E-state index contributed by atoms with van der Waals surface area (Å²) < 4.78 is 5.77. The Morgan fingerprint density at radius 3 is 2.24 bits per heavy atom. The molecule has 0 radical (unpaired) electrons. The van der Waals surface area contributed by atoms with Crippen molar-refractivity contribution in [2.24, 2.45) is 0 Å². The molecule has 0 atom stereocenters. The van der Waals surface area contributed by atoms with Gasteiger partial charge in [0, 0.05) is 6.54 Å². The fourth-order valence-corrected chi connectivity index (χ4v) is 2.15. The maximum atomic E-state index is 8.63. The third kappa shape index (κ3) is 8.08. The average molecular weight is 293 g/mol. The number of hydrogen-bond donors (Lipinski definition) is 2. The van der Waals surface area contributed by atoms with Crippen molar-refractivity contribution in [1.29, 1.82) is 0 Å². The standard InChI is InChI=1S/C18H31NO2/c1-18(2,3)16-8-10-17(11-9-16)21-15-7-5-4-6-12-19-13-14-20/h8-11,19-20H,4-7,12-15H2,1-3H3. The molecule has 0 aromatic heterocycles. The highest BCUT2D eigenvalue weighted by Gasteiger charge is 2.12. The van der Waals surface area contributed by atoms with Gasteiger partial charge in [-0.2, -0.15) is 0 Å². The predicted octanol–water partition coefficient (Wildman–Crippen LogP) is 3.51. The molecular weight excluding hydrogens is 262 g/mol. The average Bonchev–Trinajstić information content (AvgIpc) is 2.45. The normalized spacial score (nSPS) is 11.6. The SMILES string of the molecule is CC(C)(C)c1ccc(OCCCCCCNCCO)cc1. The Morgan fingerprint density at radius 1 is 0.952 bits per heavy atom. The molecule has 120 valence electrons. The third-order valence-corrected chi connectivity index (χ3v) is 3.53. The Hall–Kier alpha value is -1.06. The van der Waals surface area contributed by atoms with Gasteiger partial charge < -0.3 is 15.2 Å². The van der Waals surface area contributed by atoms with E-state index in [1.54, 1.807) is 0 Å². The van der Waals surface area contributed by atoms with Crippen LogP contribution in [0.5, 0.6) is 5.75 Å². The summed E-state index contributed by atoms with van der Waals surface area (Å²) >= 11 is 0. The van der Waals surface area contributed by atoms with Crippen molar-refractivity contribution in [2.75, 3.05) is 26.3 Å². The first kappa shape index (κ1) is 18.0. The second-order valence-corrected chi connectivity index (χ2v) is 6.51. The van der Waals surface area contributed by atoms with Crippen molar-refractivity contribution < 1.29 is 9.84 Å². The zero-order valence-electron chi connectivity index (χ0n) is 13.8. The molecule has 1 aromatic rings. The molecule has 0 bridgehead atoms. The maximum Gasteiger partial charge on any atom is 0.119 e. The van der Waals surface area contributed by atoms with Gasteiger partial charge in [-0.3, -0.25) is 0 Å². The van der Waals surface area contributed by atoms with Gasteiger partial charge in [-0.25, -0.2) is 0 Å². The molecule has 0 amide bonds. The van der Waals surface area contributed by atoms with E-state index in [0.717, 1.165) is 25.3 Å². The Kier molecular flexibility index (Phi) is 8.40. The highest BCUT2D eigenvalue weighted by Crippen LogP contribution is 2.24. The van der Waals surface area contributed by atoms with Gasteiger partial charge in [0.05, 0.1) is 13.2 Å². The van der Waals surface area contributed by atoms with Gasteiger partial charge in [0.1, 0.15) is 5.75 Å². The van der Waals surface area contributed by atoms with Gasteiger partial charge in [-0.05, 0) is 42.5 Å². The number of aliphatic hydroxyl groups is 1. The largest absolute Gasteiger partial charge is 0.494 e. The summed E-state index contributed by atoms with van der Waals surface area (Å²) in [6.07, 6.45) is 4.67. The van der Waals surface area contributed by atoms with Crippen LogP contribution >= 0.6 is 0 Å². The highest BCUT2D eigenvalue weighted by molar-refractivity contribution is 5.31. The molecular formula is C18H31NO2. The molecule has 0 unspecified atom stereocenters. The number of rotatable bonds is 10. The van der Waals surface area contributed by atoms with E-state index >= 15 is 0 Å². The molecule has 21 heavy (non-hydrogen) atoms. The van der Waals surface area contributed by atoms with Crippen LogP contribution in [0.4, 0.5) is 0 Å². The maximum absolute atomic E-state index is 8.63. The minimum atomic E-state index is 0.197. The van der Waals surface area contributed by atoms with Gasteiger partial charge in [-0.1, -0.05) is 45.7 Å². The summed E-state index contributed by atoms with van der Waals surface area (Å²) in [4.78, 5) is 0. The molecule has 0 aliphatic rings. The van der Waals surface area contributed by atoms with Crippen molar-refractivity contribution in [2.45, 2.75) is 51.9 Å². The summed E-state index contributed by atoms with van der Waals surface area (Å²) in [6.45, 7) is 9.37. The van der Waals surface area contributed by atoms with Crippen LogP contribution in [0.2, 0.25) is 0 Å². The number of benzene rings is 1. The fourth-order valence-electron chi connectivity index (χ4n) is 2.15. The number of nitrogens with one attached hydrogen (secondary N) is 1. The van der Waals surface area contributed by atoms with Crippen LogP contribution in [-0.4, -0.2) is 31.4 Å². The molecule has 0 heterocycles. The van der Waals surface area contributed by atoms with Gasteiger partial charge in [-0.15, -0.1) is 0 Å². The highest BCUT2D eigenvalue weighted by atomic mass is 16.5. The van der Waals surface area contributed by atoms with Gasteiger partial charge in [0.25, 0.3) is 0 Å². The van der Waals surface area contributed by atoms with E-state index in [4.69, 9.17) is 9.84 Å². The first-order chi connectivity index (χ1) is 10.0. The van der Waals surface area contributed by atoms with Crippen LogP contribution < -0.4 is 10.1 Å². The quantitative estimate of drug-likeness (QED) is 0.649. The van der Waals surface area contributed by atoms with Gasteiger partial charge >= 0.3 is 0 Å². The lowest BCUT2D eigenvalue weighted by atomic mass is 9.87. The van der Waals surface area contributed by atoms with E-state index in [2.05, 4.69) is 50.4 Å². The molecule has 1 rings (SSSR count). The van der Waals surface area contributed by atoms with Crippen LogP contribution in [0, 0.1) is 0 Å². The summed E-state index contributed by atoms with van der Waals surface area (Å²) in [5.41, 5.74) is 1.54. The second kappa shape index (κ2) is 9.80. The number of ether oxygens (including phenoxy) is 1. The molecule has 0 aliphatic heterocycles. The van der Waals surface area contributed by atoms with Crippen molar-refractivity contribution in [3.05, 3.63) is 29.8 Å². The lowest BCUT2D eigenvalue weighted by molar-refractivity contribution is 0.290. The van der Waals surface area contributed by atoms with E-state index in [0.29, 0.717) is 6.54 Å². The van der Waals surface area contributed by atoms with Crippen LogP contribution in [0.1, 0.15) is 52.0 Å². The first-order valence-electron chi connectivity index (χ1n) is 8.09. The van der Waals surface area contributed by atoms with Crippen molar-refractivity contribution in [3.8, 4) is 5.75 Å². The first-order valence-corrected chi connectivity index (χ1v) is 8.09. The Balaban J connectivity index is 2.08. The molecule has 0 saturated carbocycles. The Morgan fingerprint density at radius 2 is 1.62 bits per heavy atom.